The maximum atomic E-state index is 12.7. The molecule has 0 saturated carbocycles. The average Bonchev–Trinajstić information content (AvgIpc) is 2.76. The molecule has 0 aliphatic rings. The van der Waals surface area contributed by atoms with Gasteiger partial charge in [-0.2, -0.15) is 9.78 Å². The fraction of sp³-hybridized carbons (Fsp3) is 0.0714. The standard InChI is InChI=1S/C14H9ClIN3O/c1-8-4-2-5-9(15)11(8)14(20)19-10-6-3-7-17-12(10)13(16)18-19/h2-7H,1H3. The minimum atomic E-state index is -0.242. The molecule has 4 nitrogen and oxygen atoms in total. The van der Waals surface area contributed by atoms with E-state index in [-0.39, 0.29) is 5.91 Å². The van der Waals surface area contributed by atoms with Gasteiger partial charge in [0.05, 0.1) is 16.1 Å². The van der Waals surface area contributed by atoms with E-state index in [0.717, 1.165) is 5.56 Å². The minimum absolute atomic E-state index is 0.242. The lowest BCUT2D eigenvalue weighted by molar-refractivity contribution is 0.0949. The van der Waals surface area contributed by atoms with Crippen molar-refractivity contribution >= 4 is 51.1 Å². The lowest BCUT2D eigenvalue weighted by Gasteiger charge is -2.07. The van der Waals surface area contributed by atoms with Gasteiger partial charge in [-0.15, -0.1) is 0 Å². The second-order valence-corrected chi connectivity index (χ2v) is 5.74. The molecule has 2 heterocycles. The molecule has 6 heteroatoms. The van der Waals surface area contributed by atoms with Crippen molar-refractivity contribution in [3.8, 4) is 0 Å². The van der Waals surface area contributed by atoms with Crippen LogP contribution in [-0.2, 0) is 0 Å². The van der Waals surface area contributed by atoms with Crippen LogP contribution < -0.4 is 0 Å². The third-order valence-corrected chi connectivity index (χ3v) is 4.07. The highest BCUT2D eigenvalue weighted by molar-refractivity contribution is 14.1. The predicted molar refractivity (Wildman–Crippen MR) is 86.2 cm³/mol. The Morgan fingerprint density at radius 3 is 2.85 bits per heavy atom. The number of rotatable bonds is 1. The van der Waals surface area contributed by atoms with E-state index < -0.39 is 0 Å². The van der Waals surface area contributed by atoms with Crippen molar-refractivity contribution < 1.29 is 4.79 Å². The molecule has 1 aromatic carbocycles. The zero-order valence-electron chi connectivity index (χ0n) is 10.5. The molecule has 3 aromatic rings. The van der Waals surface area contributed by atoms with Crippen molar-refractivity contribution in [2.45, 2.75) is 6.92 Å². The van der Waals surface area contributed by atoms with E-state index in [9.17, 15) is 4.79 Å². The number of hydrogen-bond donors (Lipinski definition) is 0. The molecule has 3 rings (SSSR count). The molecule has 0 N–H and O–H groups in total. The molecule has 0 saturated heterocycles. The second-order valence-electron chi connectivity index (χ2n) is 4.31. The van der Waals surface area contributed by atoms with E-state index in [4.69, 9.17) is 11.6 Å². The van der Waals surface area contributed by atoms with Gasteiger partial charge in [-0.3, -0.25) is 9.78 Å². The molecule has 20 heavy (non-hydrogen) atoms. The SMILES string of the molecule is Cc1cccc(Cl)c1C(=O)n1nc(I)c2ncccc21. The van der Waals surface area contributed by atoms with Gasteiger partial charge in [0.2, 0.25) is 0 Å². The molecule has 0 atom stereocenters. The minimum Gasteiger partial charge on any atom is -0.267 e. The maximum absolute atomic E-state index is 12.7. The number of halogens is 2. The highest BCUT2D eigenvalue weighted by Gasteiger charge is 2.20. The van der Waals surface area contributed by atoms with Crippen LogP contribution in [0, 0.1) is 10.6 Å². The van der Waals surface area contributed by atoms with Gasteiger partial charge in [0.1, 0.15) is 9.22 Å². The molecule has 0 aliphatic heterocycles. The summed E-state index contributed by atoms with van der Waals surface area (Å²) in [7, 11) is 0. The first kappa shape index (κ1) is 13.5. The second kappa shape index (κ2) is 5.14. The van der Waals surface area contributed by atoms with Crippen LogP contribution in [0.25, 0.3) is 11.0 Å². The van der Waals surface area contributed by atoms with Crippen molar-refractivity contribution in [1.29, 1.82) is 0 Å². The Balaban J connectivity index is 2.24. The molecule has 0 unspecified atom stereocenters. The van der Waals surface area contributed by atoms with Gasteiger partial charge in [-0.25, -0.2) is 0 Å². The van der Waals surface area contributed by atoms with Crippen LogP contribution in [0.1, 0.15) is 15.9 Å². The number of hydrogen-bond acceptors (Lipinski definition) is 3. The van der Waals surface area contributed by atoms with Gasteiger partial charge >= 0.3 is 0 Å². The van der Waals surface area contributed by atoms with E-state index >= 15 is 0 Å². The Labute approximate surface area is 133 Å². The topological polar surface area (TPSA) is 47.8 Å². The molecular weight excluding hydrogens is 389 g/mol. The highest BCUT2D eigenvalue weighted by atomic mass is 127. The van der Waals surface area contributed by atoms with Crippen LogP contribution in [-0.4, -0.2) is 20.7 Å². The molecular formula is C14H9ClIN3O. The molecule has 0 aliphatic carbocycles. The number of carbonyl (C=O) groups excluding carboxylic acids is 1. The summed E-state index contributed by atoms with van der Waals surface area (Å²) in [6.45, 7) is 1.86. The summed E-state index contributed by atoms with van der Waals surface area (Å²) in [6, 6.07) is 8.98. The van der Waals surface area contributed by atoms with Crippen molar-refractivity contribution in [3.63, 3.8) is 0 Å². The van der Waals surface area contributed by atoms with E-state index in [1.165, 1.54) is 4.68 Å². The lowest BCUT2D eigenvalue weighted by Crippen LogP contribution is -2.15. The molecule has 0 bridgehead atoms. The Kier molecular flexibility index (Phi) is 3.47. The molecule has 0 radical (unpaired) electrons. The van der Waals surface area contributed by atoms with E-state index in [1.54, 1.807) is 18.3 Å². The fourth-order valence-corrected chi connectivity index (χ4v) is 3.01. The Morgan fingerprint density at radius 2 is 2.10 bits per heavy atom. The quantitative estimate of drug-likeness (QED) is 0.589. The summed E-state index contributed by atoms with van der Waals surface area (Å²) in [4.78, 5) is 16.9. The summed E-state index contributed by atoms with van der Waals surface area (Å²) in [5.74, 6) is -0.242. The summed E-state index contributed by atoms with van der Waals surface area (Å²) < 4.78 is 2.05. The highest BCUT2D eigenvalue weighted by Crippen LogP contribution is 2.23. The largest absolute Gasteiger partial charge is 0.280 e. The normalized spacial score (nSPS) is 10.9. The van der Waals surface area contributed by atoms with Crippen molar-refractivity contribution in [2.24, 2.45) is 0 Å². The van der Waals surface area contributed by atoms with Crippen LogP contribution in [0.3, 0.4) is 0 Å². The Morgan fingerprint density at radius 1 is 1.30 bits per heavy atom. The van der Waals surface area contributed by atoms with E-state index in [1.807, 2.05) is 25.1 Å². The Hall–Kier alpha value is -1.47. The summed E-state index contributed by atoms with van der Waals surface area (Å²) >= 11 is 8.22. The smallest absolute Gasteiger partial charge is 0.267 e. The van der Waals surface area contributed by atoms with Crippen LogP contribution >= 0.6 is 34.2 Å². The van der Waals surface area contributed by atoms with Crippen LogP contribution in [0.5, 0.6) is 0 Å². The van der Waals surface area contributed by atoms with Gasteiger partial charge in [0, 0.05) is 6.20 Å². The lowest BCUT2D eigenvalue weighted by atomic mass is 10.1. The monoisotopic (exact) mass is 397 g/mol. The molecule has 2 aromatic heterocycles. The fourth-order valence-electron chi connectivity index (χ4n) is 2.08. The van der Waals surface area contributed by atoms with Gasteiger partial charge in [-0.1, -0.05) is 23.7 Å². The first-order chi connectivity index (χ1) is 9.59. The summed E-state index contributed by atoms with van der Waals surface area (Å²) in [5.41, 5.74) is 2.69. The van der Waals surface area contributed by atoms with Crippen molar-refractivity contribution in [1.82, 2.24) is 14.8 Å². The van der Waals surface area contributed by atoms with Crippen LogP contribution in [0.2, 0.25) is 5.02 Å². The predicted octanol–water partition coefficient (Wildman–Crippen LogP) is 3.69. The number of benzene rings is 1. The number of carbonyl (C=O) groups is 1. The third-order valence-electron chi connectivity index (χ3n) is 3.03. The molecule has 0 amide bonds. The zero-order chi connectivity index (χ0) is 14.3. The number of fused-ring (bicyclic) bond motifs is 1. The Bertz CT molecular complexity index is 808. The number of aromatic nitrogens is 3. The first-order valence-corrected chi connectivity index (χ1v) is 7.34. The van der Waals surface area contributed by atoms with Crippen molar-refractivity contribution in [2.75, 3.05) is 0 Å². The number of aryl methyl sites for hydroxylation is 1. The maximum Gasteiger partial charge on any atom is 0.280 e. The summed E-state index contributed by atoms with van der Waals surface area (Å²) in [5, 5.41) is 4.71. The van der Waals surface area contributed by atoms with Crippen molar-refractivity contribution in [3.05, 3.63) is 56.4 Å². The molecule has 100 valence electrons. The molecule has 0 fully saturated rings. The zero-order valence-corrected chi connectivity index (χ0v) is 13.4. The summed E-state index contributed by atoms with van der Waals surface area (Å²) in [6.07, 6.45) is 1.68. The third kappa shape index (κ3) is 2.10. The molecule has 0 spiro atoms. The van der Waals surface area contributed by atoms with E-state index in [2.05, 4.69) is 32.7 Å². The van der Waals surface area contributed by atoms with Gasteiger partial charge in [0.15, 0.2) is 0 Å². The van der Waals surface area contributed by atoms with Crippen LogP contribution in [0.15, 0.2) is 36.5 Å². The first-order valence-electron chi connectivity index (χ1n) is 5.88. The average molecular weight is 398 g/mol. The number of nitrogens with zero attached hydrogens (tertiary/aromatic N) is 3. The van der Waals surface area contributed by atoms with Crippen LogP contribution in [0.4, 0.5) is 0 Å². The number of pyridine rings is 1. The van der Waals surface area contributed by atoms with E-state index in [0.29, 0.717) is 25.3 Å². The van der Waals surface area contributed by atoms with Gasteiger partial charge in [-0.05, 0) is 53.3 Å². The van der Waals surface area contributed by atoms with Gasteiger partial charge < -0.3 is 0 Å². The van der Waals surface area contributed by atoms with Gasteiger partial charge in [0.25, 0.3) is 5.91 Å².